The maximum Gasteiger partial charge on any atom is 0.309 e. The molecule has 0 aromatic heterocycles. The summed E-state index contributed by atoms with van der Waals surface area (Å²) in [7, 11) is 0. The Hall–Kier alpha value is -3.40. The van der Waals surface area contributed by atoms with Crippen molar-refractivity contribution in [2.45, 2.75) is 12.5 Å². The van der Waals surface area contributed by atoms with Gasteiger partial charge in [-0.25, -0.2) is 0 Å². The van der Waals surface area contributed by atoms with E-state index in [4.69, 9.17) is 0 Å². The number of rotatable bonds is 4. The first-order valence-corrected chi connectivity index (χ1v) is 8.90. The summed E-state index contributed by atoms with van der Waals surface area (Å²) in [6, 6.07) is 26.6. The van der Waals surface area contributed by atoms with Crippen molar-refractivity contribution in [2.24, 2.45) is 5.92 Å². The highest BCUT2D eigenvalue weighted by Crippen LogP contribution is 2.41. The van der Waals surface area contributed by atoms with Crippen LogP contribution in [0.1, 0.15) is 18.0 Å². The minimum Gasteiger partial charge on any atom is -0.481 e. The number of carbonyl (C=O) groups excluding carboxylic acids is 1. The first-order valence-electron chi connectivity index (χ1n) is 8.90. The highest BCUT2D eigenvalue weighted by Gasteiger charge is 2.45. The summed E-state index contributed by atoms with van der Waals surface area (Å²) in [5.41, 5.74) is 3.71. The molecule has 4 heteroatoms. The summed E-state index contributed by atoms with van der Waals surface area (Å²) in [4.78, 5) is 26.1. The number of aliphatic carboxylic acids is 1. The van der Waals surface area contributed by atoms with Gasteiger partial charge in [0.05, 0.1) is 12.0 Å². The van der Waals surface area contributed by atoms with Gasteiger partial charge < -0.3 is 10.0 Å². The quantitative estimate of drug-likeness (QED) is 0.746. The molecule has 1 aliphatic rings. The molecule has 3 aromatic rings. The van der Waals surface area contributed by atoms with Crippen molar-refractivity contribution < 1.29 is 14.7 Å². The average Bonchev–Trinajstić information content (AvgIpc) is 3.07. The Morgan fingerprint density at radius 1 is 0.815 bits per heavy atom. The summed E-state index contributed by atoms with van der Waals surface area (Å²) < 4.78 is 0. The Balaban J connectivity index is 1.73. The molecule has 1 fully saturated rings. The van der Waals surface area contributed by atoms with Crippen molar-refractivity contribution in [2.75, 3.05) is 4.90 Å². The third-order valence-corrected chi connectivity index (χ3v) is 5.03. The number of nitrogens with zero attached hydrogens (tertiary/aromatic N) is 1. The summed E-state index contributed by atoms with van der Waals surface area (Å²) in [6.07, 6.45) is 0.00926. The maximum atomic E-state index is 12.6. The zero-order chi connectivity index (χ0) is 18.8. The molecule has 1 aliphatic heterocycles. The van der Waals surface area contributed by atoms with Crippen LogP contribution in [0.5, 0.6) is 0 Å². The molecule has 2 atom stereocenters. The van der Waals surface area contributed by atoms with Gasteiger partial charge in [0.15, 0.2) is 0 Å². The van der Waals surface area contributed by atoms with Crippen LogP contribution in [-0.2, 0) is 9.59 Å². The van der Waals surface area contributed by atoms with Gasteiger partial charge in [0.2, 0.25) is 5.91 Å². The first kappa shape index (κ1) is 17.0. The van der Waals surface area contributed by atoms with E-state index in [9.17, 15) is 14.7 Å². The number of para-hydroxylation sites is 1. The second kappa shape index (κ2) is 7.08. The summed E-state index contributed by atoms with van der Waals surface area (Å²) in [5.74, 6) is -1.87. The molecule has 0 bridgehead atoms. The van der Waals surface area contributed by atoms with Gasteiger partial charge in [0, 0.05) is 12.1 Å². The second-order valence-electron chi connectivity index (χ2n) is 6.68. The molecular formula is C23H19NO3. The number of anilines is 1. The first-order chi connectivity index (χ1) is 13.1. The Bertz CT molecular complexity index is 952. The average molecular weight is 357 g/mol. The number of benzene rings is 3. The minimum atomic E-state index is -0.945. The van der Waals surface area contributed by atoms with Gasteiger partial charge in [-0.3, -0.25) is 9.59 Å². The van der Waals surface area contributed by atoms with Crippen molar-refractivity contribution in [1.82, 2.24) is 0 Å². The molecule has 3 aromatic carbocycles. The van der Waals surface area contributed by atoms with E-state index in [-0.39, 0.29) is 12.3 Å². The fourth-order valence-electron chi connectivity index (χ4n) is 3.73. The van der Waals surface area contributed by atoms with Gasteiger partial charge in [0.1, 0.15) is 0 Å². The van der Waals surface area contributed by atoms with Crippen LogP contribution < -0.4 is 4.90 Å². The number of amides is 1. The van der Waals surface area contributed by atoms with Crippen LogP contribution in [0.15, 0.2) is 84.9 Å². The lowest BCUT2D eigenvalue weighted by atomic mass is 9.92. The van der Waals surface area contributed by atoms with Crippen molar-refractivity contribution in [1.29, 1.82) is 0 Å². The molecule has 134 valence electrons. The monoisotopic (exact) mass is 357 g/mol. The largest absolute Gasteiger partial charge is 0.481 e. The summed E-state index contributed by atoms with van der Waals surface area (Å²) in [6.45, 7) is 0. The van der Waals surface area contributed by atoms with Gasteiger partial charge >= 0.3 is 5.97 Å². The number of carboxylic acid groups (broad SMARTS) is 1. The van der Waals surface area contributed by atoms with Crippen molar-refractivity contribution >= 4 is 17.6 Å². The Labute approximate surface area is 157 Å². The normalized spacial score (nSPS) is 19.3. The van der Waals surface area contributed by atoms with Gasteiger partial charge in [-0.1, -0.05) is 72.8 Å². The van der Waals surface area contributed by atoms with Crippen LogP contribution >= 0.6 is 0 Å². The van der Waals surface area contributed by atoms with E-state index in [1.165, 1.54) is 0 Å². The van der Waals surface area contributed by atoms with E-state index in [0.717, 1.165) is 22.4 Å². The lowest BCUT2D eigenvalue weighted by molar-refractivity contribution is -0.142. The van der Waals surface area contributed by atoms with Crippen molar-refractivity contribution in [3.05, 3.63) is 90.5 Å². The highest BCUT2D eigenvalue weighted by molar-refractivity contribution is 6.00. The molecule has 4 rings (SSSR count). The molecule has 0 saturated carbocycles. The van der Waals surface area contributed by atoms with E-state index in [1.807, 2.05) is 84.9 Å². The van der Waals surface area contributed by atoms with Crippen LogP contribution in [0.4, 0.5) is 5.69 Å². The Morgan fingerprint density at radius 2 is 1.37 bits per heavy atom. The molecule has 1 N–H and O–H groups in total. The third-order valence-electron chi connectivity index (χ3n) is 5.03. The fourth-order valence-corrected chi connectivity index (χ4v) is 3.73. The smallest absolute Gasteiger partial charge is 0.309 e. The SMILES string of the molecule is O=C(O)C1CC(=O)N(c2ccccc2)C1c1ccc(-c2ccccc2)cc1. The second-order valence-corrected chi connectivity index (χ2v) is 6.68. The number of carbonyl (C=O) groups is 2. The maximum absolute atomic E-state index is 12.6. The van der Waals surface area contributed by atoms with E-state index in [0.29, 0.717) is 0 Å². The topological polar surface area (TPSA) is 57.6 Å². The Kier molecular flexibility index (Phi) is 4.47. The molecule has 4 nitrogen and oxygen atoms in total. The molecular weight excluding hydrogens is 338 g/mol. The molecule has 0 spiro atoms. The van der Waals surface area contributed by atoms with Crippen LogP contribution in [0, 0.1) is 5.92 Å². The highest BCUT2D eigenvalue weighted by atomic mass is 16.4. The molecule has 1 saturated heterocycles. The van der Waals surface area contributed by atoms with E-state index < -0.39 is 17.9 Å². The Morgan fingerprint density at radius 3 is 1.96 bits per heavy atom. The van der Waals surface area contributed by atoms with Crippen molar-refractivity contribution in [3.63, 3.8) is 0 Å². The zero-order valence-electron chi connectivity index (χ0n) is 14.7. The fraction of sp³-hybridized carbons (Fsp3) is 0.130. The zero-order valence-corrected chi connectivity index (χ0v) is 14.7. The standard InChI is InChI=1S/C23H19NO3/c25-21-15-20(23(26)27)22(24(21)19-9-5-2-6-10-19)18-13-11-17(12-14-18)16-7-3-1-4-8-16/h1-14,20,22H,15H2,(H,26,27). The number of hydrogen-bond donors (Lipinski definition) is 1. The number of hydrogen-bond acceptors (Lipinski definition) is 2. The predicted molar refractivity (Wildman–Crippen MR) is 104 cm³/mol. The third kappa shape index (κ3) is 3.22. The van der Waals surface area contributed by atoms with Crippen LogP contribution in [0.3, 0.4) is 0 Å². The van der Waals surface area contributed by atoms with E-state index in [1.54, 1.807) is 4.90 Å². The van der Waals surface area contributed by atoms with Gasteiger partial charge in [-0.15, -0.1) is 0 Å². The van der Waals surface area contributed by atoms with Crippen molar-refractivity contribution in [3.8, 4) is 11.1 Å². The predicted octanol–water partition coefficient (Wildman–Crippen LogP) is 4.53. The summed E-state index contributed by atoms with van der Waals surface area (Å²) in [5, 5.41) is 9.68. The molecule has 1 amide bonds. The van der Waals surface area contributed by atoms with Crippen LogP contribution in [0.25, 0.3) is 11.1 Å². The van der Waals surface area contributed by atoms with E-state index >= 15 is 0 Å². The minimum absolute atomic E-state index is 0.00926. The lowest BCUT2D eigenvalue weighted by Gasteiger charge is -2.27. The van der Waals surface area contributed by atoms with E-state index in [2.05, 4.69) is 0 Å². The van der Waals surface area contributed by atoms with Crippen LogP contribution in [-0.4, -0.2) is 17.0 Å². The molecule has 1 heterocycles. The molecule has 2 unspecified atom stereocenters. The molecule has 27 heavy (non-hydrogen) atoms. The molecule has 0 aliphatic carbocycles. The summed E-state index contributed by atoms with van der Waals surface area (Å²) >= 11 is 0. The lowest BCUT2D eigenvalue weighted by Crippen LogP contribution is -2.30. The van der Waals surface area contributed by atoms with Gasteiger partial charge in [0.25, 0.3) is 0 Å². The van der Waals surface area contributed by atoms with Crippen LogP contribution in [0.2, 0.25) is 0 Å². The van der Waals surface area contributed by atoms with Gasteiger partial charge in [-0.05, 0) is 28.8 Å². The number of carboxylic acids is 1. The molecule has 0 radical (unpaired) electrons. The van der Waals surface area contributed by atoms with Gasteiger partial charge in [-0.2, -0.15) is 0 Å².